The standard InChI is InChI=1S/C11H15ClN2O2/c1-14(6-3-7-16-2)11(15)9-8-13-5-4-10(9)12/h4-5,8H,3,6-7H2,1-2H3. The Balaban J connectivity index is 2.60. The highest BCUT2D eigenvalue weighted by molar-refractivity contribution is 6.33. The predicted molar refractivity (Wildman–Crippen MR) is 62.7 cm³/mol. The highest BCUT2D eigenvalue weighted by atomic mass is 35.5. The number of pyridine rings is 1. The summed E-state index contributed by atoms with van der Waals surface area (Å²) in [4.78, 5) is 17.4. The minimum atomic E-state index is -0.116. The average Bonchev–Trinajstić information content (AvgIpc) is 2.29. The molecule has 16 heavy (non-hydrogen) atoms. The average molecular weight is 243 g/mol. The summed E-state index contributed by atoms with van der Waals surface area (Å²) in [7, 11) is 3.38. The first kappa shape index (κ1) is 12.9. The number of methoxy groups -OCH3 is 1. The number of nitrogens with zero attached hydrogens (tertiary/aromatic N) is 2. The molecule has 1 aromatic rings. The smallest absolute Gasteiger partial charge is 0.256 e. The molecule has 5 heteroatoms. The van der Waals surface area contributed by atoms with Crippen molar-refractivity contribution < 1.29 is 9.53 Å². The summed E-state index contributed by atoms with van der Waals surface area (Å²) in [5.41, 5.74) is 0.434. The second kappa shape index (κ2) is 6.45. The number of hydrogen-bond acceptors (Lipinski definition) is 3. The number of aromatic nitrogens is 1. The summed E-state index contributed by atoms with van der Waals surface area (Å²) in [5.74, 6) is -0.116. The second-order valence-corrected chi connectivity index (χ2v) is 3.84. The van der Waals surface area contributed by atoms with E-state index in [1.54, 1.807) is 31.3 Å². The Morgan fingerprint density at radius 1 is 1.62 bits per heavy atom. The fourth-order valence-corrected chi connectivity index (χ4v) is 1.47. The van der Waals surface area contributed by atoms with E-state index in [0.29, 0.717) is 23.7 Å². The van der Waals surface area contributed by atoms with Crippen molar-refractivity contribution in [2.24, 2.45) is 0 Å². The van der Waals surface area contributed by atoms with E-state index in [9.17, 15) is 4.79 Å². The Hall–Kier alpha value is -1.13. The molecule has 0 saturated heterocycles. The van der Waals surface area contributed by atoms with E-state index >= 15 is 0 Å². The molecule has 0 aliphatic carbocycles. The van der Waals surface area contributed by atoms with Crippen LogP contribution in [0.4, 0.5) is 0 Å². The lowest BCUT2D eigenvalue weighted by Gasteiger charge is -2.17. The maximum atomic E-state index is 11.9. The van der Waals surface area contributed by atoms with Gasteiger partial charge in [-0.2, -0.15) is 0 Å². The van der Waals surface area contributed by atoms with E-state index in [-0.39, 0.29) is 5.91 Å². The van der Waals surface area contributed by atoms with Gasteiger partial charge in [0.2, 0.25) is 0 Å². The van der Waals surface area contributed by atoms with Crippen LogP contribution in [-0.2, 0) is 4.74 Å². The lowest BCUT2D eigenvalue weighted by atomic mass is 10.2. The maximum Gasteiger partial charge on any atom is 0.256 e. The van der Waals surface area contributed by atoms with Crippen LogP contribution in [-0.4, -0.2) is 43.1 Å². The molecule has 0 N–H and O–H groups in total. The largest absolute Gasteiger partial charge is 0.385 e. The zero-order valence-corrected chi connectivity index (χ0v) is 10.2. The molecule has 0 aliphatic rings. The van der Waals surface area contributed by atoms with Gasteiger partial charge in [-0.1, -0.05) is 11.6 Å². The Labute approximate surface area is 100 Å². The van der Waals surface area contributed by atoms with Gasteiger partial charge in [-0.15, -0.1) is 0 Å². The summed E-state index contributed by atoms with van der Waals surface area (Å²) in [6, 6.07) is 1.61. The van der Waals surface area contributed by atoms with Crippen LogP contribution in [0.15, 0.2) is 18.5 Å². The van der Waals surface area contributed by atoms with Crippen molar-refractivity contribution in [1.29, 1.82) is 0 Å². The summed E-state index contributed by atoms with van der Waals surface area (Å²) in [6.45, 7) is 1.27. The van der Waals surface area contributed by atoms with Gasteiger partial charge in [0.25, 0.3) is 5.91 Å². The van der Waals surface area contributed by atoms with Crippen molar-refractivity contribution in [2.45, 2.75) is 6.42 Å². The lowest BCUT2D eigenvalue weighted by Crippen LogP contribution is -2.28. The van der Waals surface area contributed by atoms with E-state index in [1.165, 1.54) is 6.20 Å². The molecule has 0 unspecified atom stereocenters. The first-order valence-electron chi connectivity index (χ1n) is 5.00. The quantitative estimate of drug-likeness (QED) is 0.740. The van der Waals surface area contributed by atoms with Gasteiger partial charge >= 0.3 is 0 Å². The summed E-state index contributed by atoms with van der Waals surface area (Å²) in [5, 5.41) is 0.429. The Morgan fingerprint density at radius 2 is 2.38 bits per heavy atom. The van der Waals surface area contributed by atoms with Crippen LogP contribution in [0.3, 0.4) is 0 Å². The zero-order chi connectivity index (χ0) is 12.0. The first-order chi connectivity index (χ1) is 7.66. The number of rotatable bonds is 5. The Bertz CT molecular complexity index is 358. The number of amides is 1. The normalized spacial score (nSPS) is 10.2. The highest BCUT2D eigenvalue weighted by Gasteiger charge is 2.14. The Morgan fingerprint density at radius 3 is 3.00 bits per heavy atom. The third kappa shape index (κ3) is 3.47. The molecule has 1 rings (SSSR count). The second-order valence-electron chi connectivity index (χ2n) is 3.43. The van der Waals surface area contributed by atoms with Crippen molar-refractivity contribution in [3.8, 4) is 0 Å². The molecule has 0 aromatic carbocycles. The molecule has 4 nitrogen and oxygen atoms in total. The Kier molecular flexibility index (Phi) is 5.22. The fraction of sp³-hybridized carbons (Fsp3) is 0.455. The van der Waals surface area contributed by atoms with Gasteiger partial charge in [0, 0.05) is 39.7 Å². The molecule has 0 atom stereocenters. The molecule has 1 heterocycles. The summed E-state index contributed by atoms with van der Waals surface area (Å²) >= 11 is 5.91. The lowest BCUT2D eigenvalue weighted by molar-refractivity contribution is 0.0779. The predicted octanol–water partition coefficient (Wildman–Crippen LogP) is 1.84. The molecule has 0 fully saturated rings. The first-order valence-corrected chi connectivity index (χ1v) is 5.38. The van der Waals surface area contributed by atoms with Gasteiger partial charge in [-0.3, -0.25) is 9.78 Å². The molecule has 0 bridgehead atoms. The minimum absolute atomic E-state index is 0.116. The third-order valence-corrected chi connectivity index (χ3v) is 2.52. The highest BCUT2D eigenvalue weighted by Crippen LogP contribution is 2.15. The molecule has 0 aliphatic heterocycles. The van der Waals surface area contributed by atoms with Crippen molar-refractivity contribution >= 4 is 17.5 Å². The van der Waals surface area contributed by atoms with Crippen LogP contribution in [0.5, 0.6) is 0 Å². The monoisotopic (exact) mass is 242 g/mol. The van der Waals surface area contributed by atoms with Crippen molar-refractivity contribution in [3.05, 3.63) is 29.0 Å². The number of carbonyl (C=O) groups excluding carboxylic acids is 1. The molecular formula is C11H15ClN2O2. The molecular weight excluding hydrogens is 228 g/mol. The zero-order valence-electron chi connectivity index (χ0n) is 9.44. The van der Waals surface area contributed by atoms with Crippen LogP contribution >= 0.6 is 11.6 Å². The van der Waals surface area contributed by atoms with E-state index < -0.39 is 0 Å². The molecule has 0 radical (unpaired) electrons. The van der Waals surface area contributed by atoms with Crippen LogP contribution in [0.25, 0.3) is 0 Å². The van der Waals surface area contributed by atoms with Gasteiger partial charge in [0.1, 0.15) is 0 Å². The minimum Gasteiger partial charge on any atom is -0.385 e. The van der Waals surface area contributed by atoms with Crippen LogP contribution < -0.4 is 0 Å². The van der Waals surface area contributed by atoms with E-state index in [0.717, 1.165) is 6.42 Å². The molecule has 1 aromatic heterocycles. The summed E-state index contributed by atoms with van der Waals surface area (Å²) < 4.78 is 4.93. The molecule has 1 amide bonds. The number of hydrogen-bond donors (Lipinski definition) is 0. The molecule has 88 valence electrons. The maximum absolute atomic E-state index is 11.9. The van der Waals surface area contributed by atoms with Crippen LogP contribution in [0.1, 0.15) is 16.8 Å². The number of carbonyl (C=O) groups is 1. The van der Waals surface area contributed by atoms with Gasteiger partial charge < -0.3 is 9.64 Å². The van der Waals surface area contributed by atoms with Crippen LogP contribution in [0.2, 0.25) is 5.02 Å². The van der Waals surface area contributed by atoms with Crippen molar-refractivity contribution in [3.63, 3.8) is 0 Å². The van der Waals surface area contributed by atoms with E-state index in [4.69, 9.17) is 16.3 Å². The third-order valence-electron chi connectivity index (χ3n) is 2.19. The SMILES string of the molecule is COCCCN(C)C(=O)c1cnccc1Cl. The van der Waals surface area contributed by atoms with Crippen molar-refractivity contribution in [2.75, 3.05) is 27.3 Å². The van der Waals surface area contributed by atoms with Gasteiger partial charge in [-0.05, 0) is 12.5 Å². The molecule has 0 saturated carbocycles. The van der Waals surface area contributed by atoms with Crippen LogP contribution in [0, 0.1) is 0 Å². The number of halogens is 1. The molecule has 0 spiro atoms. The van der Waals surface area contributed by atoms with E-state index in [2.05, 4.69) is 4.98 Å². The summed E-state index contributed by atoms with van der Waals surface area (Å²) in [6.07, 6.45) is 3.85. The number of ether oxygens (including phenoxy) is 1. The topological polar surface area (TPSA) is 42.4 Å². The van der Waals surface area contributed by atoms with Gasteiger partial charge in [-0.25, -0.2) is 0 Å². The fourth-order valence-electron chi connectivity index (χ4n) is 1.29. The van der Waals surface area contributed by atoms with Gasteiger partial charge in [0.15, 0.2) is 0 Å². The van der Waals surface area contributed by atoms with Gasteiger partial charge in [0.05, 0.1) is 10.6 Å². The van der Waals surface area contributed by atoms with E-state index in [1.807, 2.05) is 0 Å². The van der Waals surface area contributed by atoms with Crippen molar-refractivity contribution in [1.82, 2.24) is 9.88 Å².